The number of carbonyl (C=O) groups excluding carboxylic acids is 2. The van der Waals surface area contributed by atoms with Gasteiger partial charge in [0.2, 0.25) is 0 Å². The number of rotatable bonds is 7. The highest BCUT2D eigenvalue weighted by molar-refractivity contribution is 8.00. The van der Waals surface area contributed by atoms with Crippen LogP contribution in [0.4, 0.5) is 5.13 Å². The molecule has 2 amide bonds. The number of hydrogen-bond acceptors (Lipinski definition) is 9. The van der Waals surface area contributed by atoms with E-state index in [9.17, 15) is 9.59 Å². The molecule has 11 heteroatoms. The lowest BCUT2D eigenvalue weighted by Crippen LogP contribution is -2.69. The number of nitrogens with two attached hydrogens (primary N) is 1. The predicted octanol–water partition coefficient (Wildman–Crippen LogP) is 1.86. The molecule has 0 aromatic carbocycles. The highest BCUT2D eigenvalue weighted by Gasteiger charge is 2.49. The summed E-state index contributed by atoms with van der Waals surface area (Å²) in [5.74, 6) is 0.0232. The minimum absolute atomic E-state index is 0.00232. The summed E-state index contributed by atoms with van der Waals surface area (Å²) in [7, 11) is 0. The van der Waals surface area contributed by atoms with E-state index >= 15 is 0 Å². The quantitative estimate of drug-likeness (QED) is 0.370. The third-order valence-corrected chi connectivity index (χ3v) is 6.55. The Balaban J connectivity index is 1.42. The van der Waals surface area contributed by atoms with Gasteiger partial charge >= 0.3 is 0 Å². The Morgan fingerprint density at radius 2 is 2.35 bits per heavy atom. The predicted molar refractivity (Wildman–Crippen MR) is 121 cm³/mol. The minimum Gasteiger partial charge on any atom is -0.395 e. The summed E-state index contributed by atoms with van der Waals surface area (Å²) in [6.45, 7) is 2.05. The molecule has 0 bridgehead atoms. The number of anilines is 1. The number of nitrogens with zero attached hydrogens (tertiary/aromatic N) is 4. The van der Waals surface area contributed by atoms with E-state index in [1.165, 1.54) is 11.3 Å². The van der Waals surface area contributed by atoms with Crippen LogP contribution in [0.3, 0.4) is 0 Å². The fraction of sp³-hybridized carbons (Fsp3) is 0.250. The Hall–Kier alpha value is -3.18. The van der Waals surface area contributed by atoms with Crippen LogP contribution in [0.15, 0.2) is 52.9 Å². The van der Waals surface area contributed by atoms with Gasteiger partial charge in [-0.25, -0.2) is 4.98 Å². The Morgan fingerprint density at radius 1 is 1.48 bits per heavy atom. The van der Waals surface area contributed by atoms with Crippen LogP contribution in [0.5, 0.6) is 0 Å². The molecule has 1 unspecified atom stereocenters. The first kappa shape index (κ1) is 21.1. The van der Waals surface area contributed by atoms with Gasteiger partial charge in [0.15, 0.2) is 10.8 Å². The maximum Gasteiger partial charge on any atom is 0.276 e. The fourth-order valence-electron chi connectivity index (χ4n) is 3.04. The van der Waals surface area contributed by atoms with Gasteiger partial charge in [0.1, 0.15) is 23.7 Å². The summed E-state index contributed by atoms with van der Waals surface area (Å²) >= 11 is 2.79. The van der Waals surface area contributed by atoms with Gasteiger partial charge in [-0.1, -0.05) is 23.4 Å². The van der Waals surface area contributed by atoms with Gasteiger partial charge in [0.05, 0.1) is 0 Å². The van der Waals surface area contributed by atoms with Crippen LogP contribution >= 0.6 is 23.1 Å². The third-order valence-electron chi connectivity index (χ3n) is 4.53. The lowest BCUT2D eigenvalue weighted by atomic mass is 10.1. The molecule has 160 valence electrons. The average molecular weight is 457 g/mol. The standard InChI is InChI=1S/C20H20N6O3S2/c1-2-29-25-15(14-11-31-20(21)23-14)17(27)24-16-18(28)26-9-13(10-30-19(16)26)6-5-12-4-3-7-22-8-12/h3-9,11,16,19H,2,10H2,1H3,(H2,21,23)(H,24,27)/t16?,19-/m0/s1. The molecule has 9 nitrogen and oxygen atoms in total. The van der Waals surface area contributed by atoms with Gasteiger partial charge in [-0.2, -0.15) is 0 Å². The van der Waals surface area contributed by atoms with Crippen LogP contribution in [0.2, 0.25) is 0 Å². The third kappa shape index (κ3) is 4.62. The number of hydrogen-bond donors (Lipinski definition) is 2. The largest absolute Gasteiger partial charge is 0.395 e. The van der Waals surface area contributed by atoms with Crippen LogP contribution < -0.4 is 11.1 Å². The summed E-state index contributed by atoms with van der Waals surface area (Å²) in [6.07, 6.45) is 9.25. The Bertz CT molecular complexity index is 1070. The van der Waals surface area contributed by atoms with Crippen LogP contribution in [-0.2, 0) is 14.4 Å². The number of β-lactam (4-membered cyclic amide) rings is 1. The zero-order valence-electron chi connectivity index (χ0n) is 16.6. The molecule has 31 heavy (non-hydrogen) atoms. The number of carbonyl (C=O) groups is 2. The van der Waals surface area contributed by atoms with Crippen LogP contribution in [-0.4, -0.2) is 56.2 Å². The van der Waals surface area contributed by atoms with Gasteiger partial charge in [-0.3, -0.25) is 14.6 Å². The van der Waals surface area contributed by atoms with Crippen LogP contribution in [0, 0.1) is 0 Å². The van der Waals surface area contributed by atoms with Gasteiger partial charge in [0, 0.05) is 29.7 Å². The topological polar surface area (TPSA) is 123 Å². The molecule has 0 radical (unpaired) electrons. The molecule has 4 heterocycles. The van der Waals surface area contributed by atoms with E-state index in [-0.39, 0.29) is 17.0 Å². The molecule has 2 aromatic rings. The molecule has 2 atom stereocenters. The number of oxime groups is 1. The summed E-state index contributed by atoms with van der Waals surface area (Å²) in [4.78, 5) is 40.3. The van der Waals surface area contributed by atoms with E-state index in [0.717, 1.165) is 16.9 Å². The molecule has 0 aliphatic carbocycles. The fourth-order valence-corrected chi connectivity index (χ4v) is 4.82. The van der Waals surface area contributed by atoms with Crippen molar-refractivity contribution in [3.05, 3.63) is 59.0 Å². The van der Waals surface area contributed by atoms with Crippen molar-refractivity contribution in [2.75, 3.05) is 18.1 Å². The second-order valence-electron chi connectivity index (χ2n) is 6.65. The van der Waals surface area contributed by atoms with Crippen molar-refractivity contribution in [3.63, 3.8) is 0 Å². The zero-order valence-corrected chi connectivity index (χ0v) is 18.2. The number of fused-ring (bicyclic) bond motifs is 1. The summed E-state index contributed by atoms with van der Waals surface area (Å²) < 4.78 is 0. The maximum atomic E-state index is 12.8. The molecule has 1 saturated heterocycles. The average Bonchev–Trinajstić information content (AvgIpc) is 3.22. The van der Waals surface area contributed by atoms with Crippen LogP contribution in [0.1, 0.15) is 18.2 Å². The normalized spacial score (nSPS) is 20.8. The van der Waals surface area contributed by atoms with Gasteiger partial charge in [-0.05, 0) is 24.1 Å². The van der Waals surface area contributed by atoms with Crippen molar-refractivity contribution in [1.82, 2.24) is 20.2 Å². The van der Waals surface area contributed by atoms with E-state index in [0.29, 0.717) is 17.4 Å². The van der Waals surface area contributed by atoms with Crippen molar-refractivity contribution in [2.24, 2.45) is 5.16 Å². The molecule has 0 spiro atoms. The minimum atomic E-state index is -0.639. The summed E-state index contributed by atoms with van der Waals surface area (Å²) in [5.41, 5.74) is 7.98. The highest BCUT2D eigenvalue weighted by Crippen LogP contribution is 2.36. The van der Waals surface area contributed by atoms with Gasteiger partial charge in [-0.15, -0.1) is 23.1 Å². The van der Waals surface area contributed by atoms with Crippen molar-refractivity contribution >= 4 is 51.8 Å². The number of amides is 2. The number of aromatic nitrogens is 2. The summed E-state index contributed by atoms with van der Waals surface area (Å²) in [6, 6.07) is 3.19. The first-order chi connectivity index (χ1) is 15.1. The van der Waals surface area contributed by atoms with Crippen molar-refractivity contribution in [1.29, 1.82) is 0 Å². The van der Waals surface area contributed by atoms with Crippen molar-refractivity contribution in [3.8, 4) is 0 Å². The molecule has 4 rings (SSSR count). The van der Waals surface area contributed by atoms with Crippen molar-refractivity contribution in [2.45, 2.75) is 18.3 Å². The van der Waals surface area contributed by atoms with Gasteiger partial charge < -0.3 is 20.8 Å². The monoisotopic (exact) mass is 456 g/mol. The molecule has 2 aliphatic heterocycles. The number of nitrogen functional groups attached to an aromatic ring is 1. The Kier molecular flexibility index (Phi) is 6.33. The number of thioether (sulfide) groups is 1. The molecule has 1 fully saturated rings. The number of thiazole rings is 1. The second kappa shape index (κ2) is 9.31. The van der Waals surface area contributed by atoms with E-state index in [2.05, 4.69) is 20.4 Å². The Labute approximate surface area is 187 Å². The lowest BCUT2D eigenvalue weighted by Gasteiger charge is -2.47. The van der Waals surface area contributed by atoms with E-state index in [1.807, 2.05) is 30.5 Å². The first-order valence-corrected chi connectivity index (χ1v) is 11.4. The molecular weight excluding hydrogens is 436 g/mol. The van der Waals surface area contributed by atoms with Gasteiger partial charge in [0.25, 0.3) is 11.8 Å². The van der Waals surface area contributed by atoms with E-state index in [4.69, 9.17) is 10.6 Å². The smallest absolute Gasteiger partial charge is 0.276 e. The molecule has 0 saturated carbocycles. The highest BCUT2D eigenvalue weighted by atomic mass is 32.2. The second-order valence-corrected chi connectivity index (χ2v) is 8.65. The lowest BCUT2D eigenvalue weighted by molar-refractivity contribution is -0.143. The molecule has 2 aliphatic rings. The van der Waals surface area contributed by atoms with Crippen LogP contribution in [0.25, 0.3) is 6.08 Å². The number of nitrogens with one attached hydrogen (secondary N) is 1. The maximum absolute atomic E-state index is 12.8. The molecular formula is C20H20N6O3S2. The Morgan fingerprint density at radius 3 is 3.06 bits per heavy atom. The van der Waals surface area contributed by atoms with E-state index in [1.54, 1.807) is 41.4 Å². The molecule has 2 aromatic heterocycles. The SMILES string of the molecule is CCON=C(C(=O)NC1C(=O)N2C=C(C=Cc3cccnc3)CS[C@@H]12)c1csc(N)n1. The number of pyridine rings is 1. The summed E-state index contributed by atoms with van der Waals surface area (Å²) in [5, 5.41) is 8.41. The number of allylic oxidation sites excluding steroid dienone is 1. The zero-order chi connectivity index (χ0) is 21.8. The molecule has 3 N–H and O–H groups in total. The first-order valence-electron chi connectivity index (χ1n) is 9.51. The van der Waals surface area contributed by atoms with Crippen molar-refractivity contribution < 1.29 is 14.4 Å². The van der Waals surface area contributed by atoms with E-state index < -0.39 is 11.9 Å².